The molecule has 1 aromatic rings. The van der Waals surface area contributed by atoms with Crippen molar-refractivity contribution in [1.82, 2.24) is 10.2 Å². The maximum atomic E-state index is 14.3. The zero-order valence-electron chi connectivity index (χ0n) is 17.1. The zero-order chi connectivity index (χ0) is 20.9. The molecule has 2 aliphatic rings. The maximum Gasteiger partial charge on any atom is 0.415 e. The Morgan fingerprint density at radius 2 is 1.71 bits per heavy atom. The highest BCUT2D eigenvalue weighted by Crippen LogP contribution is 2.46. The highest BCUT2D eigenvalue weighted by molar-refractivity contribution is 6.69. The molecule has 3 rings (SSSR count). The number of fused-ring (bicyclic) bond motifs is 1. The third-order valence-corrected chi connectivity index (χ3v) is 6.59. The number of hydrogen-bond acceptors (Lipinski definition) is 2. The van der Waals surface area contributed by atoms with E-state index >= 15 is 0 Å². The summed E-state index contributed by atoms with van der Waals surface area (Å²) in [6.45, 7) is 9.44. The lowest BCUT2D eigenvalue weighted by Gasteiger charge is -2.46. The quantitative estimate of drug-likeness (QED) is 0.728. The second-order valence-electron chi connectivity index (χ2n) is 9.29. The van der Waals surface area contributed by atoms with Crippen LogP contribution >= 0.6 is 0 Å². The number of hydrogen-bond donors (Lipinski definition) is 1. The standard InChI is InChI=1S/C20H29F3N2O2Si/c1-13(2)16-12-25(18(26)24-16)19(10-14-8-6-7-9-15(14)11-19)17(20(21,22)23)27-28(3,4)5/h6-9,13,16-17H,10-12H2,1-5H3,(H,24,26)/t16-,17?/m0/s1. The molecule has 2 amide bonds. The monoisotopic (exact) mass is 414 g/mol. The Bertz CT molecular complexity index is 721. The predicted molar refractivity (Wildman–Crippen MR) is 105 cm³/mol. The average molecular weight is 415 g/mol. The van der Waals surface area contributed by atoms with Gasteiger partial charge in [0.2, 0.25) is 0 Å². The van der Waals surface area contributed by atoms with Gasteiger partial charge in [-0.05, 0) is 49.5 Å². The van der Waals surface area contributed by atoms with Crippen molar-refractivity contribution in [3.63, 3.8) is 0 Å². The third kappa shape index (κ3) is 3.94. The van der Waals surface area contributed by atoms with Crippen LogP contribution in [0.25, 0.3) is 0 Å². The number of halogens is 3. The van der Waals surface area contributed by atoms with Gasteiger partial charge in [0.05, 0.1) is 11.6 Å². The fourth-order valence-electron chi connectivity index (χ4n) is 4.30. The molecule has 1 aliphatic heterocycles. The molecule has 0 aromatic heterocycles. The van der Waals surface area contributed by atoms with Gasteiger partial charge in [0.1, 0.15) is 0 Å². The average Bonchev–Trinajstić information content (AvgIpc) is 3.12. The maximum absolute atomic E-state index is 14.3. The Kier molecular flexibility index (Phi) is 5.33. The van der Waals surface area contributed by atoms with Crippen LogP contribution in [0.2, 0.25) is 19.6 Å². The van der Waals surface area contributed by atoms with Gasteiger partial charge in [0.25, 0.3) is 0 Å². The van der Waals surface area contributed by atoms with E-state index in [-0.39, 0.29) is 31.3 Å². The smallest absolute Gasteiger partial charge is 0.404 e. The number of alkyl halides is 3. The van der Waals surface area contributed by atoms with E-state index in [1.165, 1.54) is 4.90 Å². The molecular weight excluding hydrogens is 385 g/mol. The molecule has 8 heteroatoms. The first kappa shape index (κ1) is 21.2. The Morgan fingerprint density at radius 3 is 2.11 bits per heavy atom. The molecule has 1 fully saturated rings. The van der Waals surface area contributed by atoms with Crippen LogP contribution in [0.5, 0.6) is 0 Å². The van der Waals surface area contributed by atoms with Gasteiger partial charge in [-0.3, -0.25) is 0 Å². The van der Waals surface area contributed by atoms with Crippen LogP contribution < -0.4 is 5.32 Å². The van der Waals surface area contributed by atoms with Crippen molar-refractivity contribution < 1.29 is 22.4 Å². The van der Waals surface area contributed by atoms with E-state index in [2.05, 4.69) is 5.32 Å². The van der Waals surface area contributed by atoms with Gasteiger partial charge >= 0.3 is 12.2 Å². The largest absolute Gasteiger partial charge is 0.415 e. The molecule has 0 spiro atoms. The number of urea groups is 1. The van der Waals surface area contributed by atoms with Crippen molar-refractivity contribution in [1.29, 1.82) is 0 Å². The van der Waals surface area contributed by atoms with Crippen molar-refractivity contribution in [3.05, 3.63) is 35.4 Å². The molecule has 1 unspecified atom stereocenters. The molecular formula is C20H29F3N2O2Si. The second-order valence-corrected chi connectivity index (χ2v) is 13.7. The number of nitrogens with one attached hydrogen (secondary N) is 1. The summed E-state index contributed by atoms with van der Waals surface area (Å²) in [5, 5.41) is 2.88. The summed E-state index contributed by atoms with van der Waals surface area (Å²) in [7, 11) is -2.54. The SMILES string of the molecule is CC(C)[C@@H]1CN(C2(C(O[Si](C)(C)C)C(F)(F)F)Cc3ccccc3C2)C(=O)N1. The summed E-state index contributed by atoms with van der Waals surface area (Å²) >= 11 is 0. The lowest BCUT2D eigenvalue weighted by molar-refractivity contribution is -0.230. The van der Waals surface area contributed by atoms with Crippen molar-refractivity contribution in [2.75, 3.05) is 6.54 Å². The Hall–Kier alpha value is -1.54. The zero-order valence-corrected chi connectivity index (χ0v) is 18.1. The molecule has 4 nitrogen and oxygen atoms in total. The van der Waals surface area contributed by atoms with Gasteiger partial charge in [-0.25, -0.2) is 4.79 Å². The highest BCUT2D eigenvalue weighted by atomic mass is 28.4. The number of amides is 2. The van der Waals surface area contributed by atoms with E-state index in [1.807, 2.05) is 38.1 Å². The minimum absolute atomic E-state index is 0.136. The van der Waals surface area contributed by atoms with Crippen LogP contribution in [0.4, 0.5) is 18.0 Å². The van der Waals surface area contributed by atoms with E-state index in [4.69, 9.17) is 4.43 Å². The van der Waals surface area contributed by atoms with Gasteiger partial charge in [-0.15, -0.1) is 0 Å². The van der Waals surface area contributed by atoms with E-state index in [1.54, 1.807) is 19.6 Å². The van der Waals surface area contributed by atoms with Crippen molar-refractivity contribution in [2.24, 2.45) is 5.92 Å². The van der Waals surface area contributed by atoms with Crippen molar-refractivity contribution in [3.8, 4) is 0 Å². The minimum Gasteiger partial charge on any atom is -0.404 e. The molecule has 1 heterocycles. The number of nitrogens with zero attached hydrogens (tertiary/aromatic N) is 1. The van der Waals surface area contributed by atoms with Gasteiger partial charge in [-0.2, -0.15) is 13.2 Å². The molecule has 1 saturated heterocycles. The minimum atomic E-state index is -4.57. The topological polar surface area (TPSA) is 41.6 Å². The Balaban J connectivity index is 2.09. The van der Waals surface area contributed by atoms with Gasteiger partial charge in [0.15, 0.2) is 14.4 Å². The first-order chi connectivity index (χ1) is 12.8. The summed E-state index contributed by atoms with van der Waals surface area (Å²) in [6.07, 6.45) is -6.29. The second kappa shape index (κ2) is 7.06. The number of rotatable bonds is 5. The molecule has 1 aliphatic carbocycles. The van der Waals surface area contributed by atoms with Crippen molar-refractivity contribution in [2.45, 2.75) is 70.2 Å². The lowest BCUT2D eigenvalue weighted by atomic mass is 9.86. The Morgan fingerprint density at radius 1 is 1.18 bits per heavy atom. The molecule has 156 valence electrons. The third-order valence-electron chi connectivity index (χ3n) is 5.64. The lowest BCUT2D eigenvalue weighted by Crippen LogP contribution is -2.65. The van der Waals surface area contributed by atoms with Crippen LogP contribution in [-0.4, -0.2) is 49.7 Å². The number of carbonyl (C=O) groups is 1. The van der Waals surface area contributed by atoms with Crippen LogP contribution in [0.1, 0.15) is 25.0 Å². The van der Waals surface area contributed by atoms with Gasteiger partial charge in [0, 0.05) is 6.54 Å². The van der Waals surface area contributed by atoms with E-state index in [0.717, 1.165) is 11.1 Å². The molecule has 2 atom stereocenters. The predicted octanol–water partition coefficient (Wildman–Crippen LogP) is 4.36. The fraction of sp³-hybridized carbons (Fsp3) is 0.650. The van der Waals surface area contributed by atoms with Gasteiger partial charge in [-0.1, -0.05) is 38.1 Å². The first-order valence-electron chi connectivity index (χ1n) is 9.73. The molecule has 1 N–H and O–H groups in total. The number of benzene rings is 1. The van der Waals surface area contributed by atoms with Gasteiger partial charge < -0.3 is 14.6 Å². The summed E-state index contributed by atoms with van der Waals surface area (Å²) in [4.78, 5) is 14.2. The number of carbonyl (C=O) groups excluding carboxylic acids is 1. The first-order valence-corrected chi connectivity index (χ1v) is 13.1. The summed E-state index contributed by atoms with van der Waals surface area (Å²) < 4.78 is 48.8. The van der Waals surface area contributed by atoms with Crippen LogP contribution in [-0.2, 0) is 17.3 Å². The summed E-state index contributed by atoms with van der Waals surface area (Å²) in [5.74, 6) is 0.136. The van der Waals surface area contributed by atoms with E-state index < -0.39 is 32.2 Å². The molecule has 0 bridgehead atoms. The normalized spacial score (nSPS) is 23.1. The van der Waals surface area contributed by atoms with Crippen LogP contribution in [0.15, 0.2) is 24.3 Å². The Labute approximate surface area is 165 Å². The summed E-state index contributed by atoms with van der Waals surface area (Å²) in [6, 6.07) is 6.77. The van der Waals surface area contributed by atoms with E-state index in [0.29, 0.717) is 0 Å². The molecule has 1 aromatic carbocycles. The summed E-state index contributed by atoms with van der Waals surface area (Å²) in [5.41, 5.74) is 0.254. The fourth-order valence-corrected chi connectivity index (χ4v) is 5.36. The van der Waals surface area contributed by atoms with Crippen molar-refractivity contribution >= 4 is 14.3 Å². The molecule has 28 heavy (non-hydrogen) atoms. The van der Waals surface area contributed by atoms with Crippen LogP contribution in [0, 0.1) is 5.92 Å². The molecule has 0 radical (unpaired) electrons. The van der Waals surface area contributed by atoms with E-state index in [9.17, 15) is 18.0 Å². The highest BCUT2D eigenvalue weighted by Gasteiger charge is 2.62. The van der Waals surface area contributed by atoms with Crippen LogP contribution in [0.3, 0.4) is 0 Å². The molecule has 0 saturated carbocycles.